The zero-order valence-corrected chi connectivity index (χ0v) is 9.47. The van der Waals surface area contributed by atoms with Crippen molar-refractivity contribution in [2.24, 2.45) is 5.92 Å². The molecule has 0 aromatic carbocycles. The molecule has 1 aliphatic heterocycles. The standard InChI is InChI=1S/C11H22N2O/c1-4-8(2)13-11(14)10-6-5-7-12-9(10)3/h8-10,12H,4-7H2,1-3H3,(H,13,14). The molecule has 82 valence electrons. The lowest BCUT2D eigenvalue weighted by atomic mass is 9.91. The highest BCUT2D eigenvalue weighted by atomic mass is 16.2. The van der Waals surface area contributed by atoms with E-state index in [1.54, 1.807) is 0 Å². The predicted octanol–water partition coefficient (Wildman–Crippen LogP) is 1.29. The molecule has 3 heteroatoms. The zero-order chi connectivity index (χ0) is 10.6. The second-order valence-electron chi connectivity index (χ2n) is 4.31. The van der Waals surface area contributed by atoms with Gasteiger partial charge in [0.2, 0.25) is 5.91 Å². The zero-order valence-electron chi connectivity index (χ0n) is 9.47. The summed E-state index contributed by atoms with van der Waals surface area (Å²) in [6.07, 6.45) is 3.14. The smallest absolute Gasteiger partial charge is 0.224 e. The highest BCUT2D eigenvalue weighted by molar-refractivity contribution is 5.79. The van der Waals surface area contributed by atoms with Crippen LogP contribution in [0.3, 0.4) is 0 Å². The van der Waals surface area contributed by atoms with E-state index in [4.69, 9.17) is 0 Å². The first-order valence-corrected chi connectivity index (χ1v) is 5.69. The summed E-state index contributed by atoms with van der Waals surface area (Å²) in [6, 6.07) is 0.629. The lowest BCUT2D eigenvalue weighted by Crippen LogP contribution is -2.48. The monoisotopic (exact) mass is 198 g/mol. The largest absolute Gasteiger partial charge is 0.353 e. The molecule has 3 unspecified atom stereocenters. The van der Waals surface area contributed by atoms with Gasteiger partial charge in [-0.25, -0.2) is 0 Å². The van der Waals surface area contributed by atoms with Gasteiger partial charge in [0, 0.05) is 12.1 Å². The third-order valence-electron chi connectivity index (χ3n) is 3.10. The lowest BCUT2D eigenvalue weighted by molar-refractivity contribution is -0.127. The fourth-order valence-electron chi connectivity index (χ4n) is 1.85. The van der Waals surface area contributed by atoms with Crippen molar-refractivity contribution in [3.05, 3.63) is 0 Å². The van der Waals surface area contributed by atoms with Crippen LogP contribution in [0, 0.1) is 5.92 Å². The Bertz CT molecular complexity index is 194. The first kappa shape index (κ1) is 11.5. The normalized spacial score (nSPS) is 29.6. The third-order valence-corrected chi connectivity index (χ3v) is 3.10. The SMILES string of the molecule is CCC(C)NC(=O)C1CCCNC1C. The van der Waals surface area contributed by atoms with E-state index >= 15 is 0 Å². The quantitative estimate of drug-likeness (QED) is 0.717. The highest BCUT2D eigenvalue weighted by Crippen LogP contribution is 2.16. The van der Waals surface area contributed by atoms with Crippen LogP contribution in [0.25, 0.3) is 0 Å². The van der Waals surface area contributed by atoms with Gasteiger partial charge in [-0.15, -0.1) is 0 Å². The maximum absolute atomic E-state index is 11.8. The second kappa shape index (κ2) is 5.35. The summed E-state index contributed by atoms with van der Waals surface area (Å²) in [5.41, 5.74) is 0. The first-order chi connectivity index (χ1) is 6.65. The number of hydrogen-bond acceptors (Lipinski definition) is 2. The number of piperidine rings is 1. The Morgan fingerprint density at radius 2 is 2.36 bits per heavy atom. The highest BCUT2D eigenvalue weighted by Gasteiger charge is 2.27. The van der Waals surface area contributed by atoms with E-state index in [1.807, 2.05) is 0 Å². The molecule has 1 aliphatic rings. The molecule has 3 atom stereocenters. The molecule has 0 saturated carbocycles. The molecular formula is C11H22N2O. The van der Waals surface area contributed by atoms with Crippen molar-refractivity contribution in [2.45, 2.75) is 52.1 Å². The van der Waals surface area contributed by atoms with Crippen molar-refractivity contribution in [2.75, 3.05) is 6.54 Å². The minimum absolute atomic E-state index is 0.165. The number of nitrogens with one attached hydrogen (secondary N) is 2. The van der Waals surface area contributed by atoms with Gasteiger partial charge in [-0.2, -0.15) is 0 Å². The summed E-state index contributed by atoms with van der Waals surface area (Å²) in [5.74, 6) is 0.386. The van der Waals surface area contributed by atoms with Crippen LogP contribution in [-0.4, -0.2) is 24.5 Å². The second-order valence-corrected chi connectivity index (χ2v) is 4.31. The first-order valence-electron chi connectivity index (χ1n) is 5.69. The van der Waals surface area contributed by atoms with Crippen molar-refractivity contribution >= 4 is 5.91 Å². The van der Waals surface area contributed by atoms with Crippen LogP contribution >= 0.6 is 0 Å². The lowest BCUT2D eigenvalue weighted by Gasteiger charge is -2.29. The topological polar surface area (TPSA) is 41.1 Å². The molecule has 0 radical (unpaired) electrons. The molecule has 1 heterocycles. The Labute approximate surface area is 86.6 Å². The molecule has 0 aliphatic carbocycles. The van der Waals surface area contributed by atoms with Crippen LogP contribution in [0.2, 0.25) is 0 Å². The van der Waals surface area contributed by atoms with Gasteiger partial charge in [0.25, 0.3) is 0 Å². The molecule has 0 bridgehead atoms. The number of amides is 1. The molecule has 1 rings (SSSR count). The van der Waals surface area contributed by atoms with Crippen molar-refractivity contribution < 1.29 is 4.79 Å². The van der Waals surface area contributed by atoms with Crippen molar-refractivity contribution in [1.29, 1.82) is 0 Å². The van der Waals surface area contributed by atoms with Crippen LogP contribution in [-0.2, 0) is 4.79 Å². The Kier molecular flexibility index (Phi) is 4.39. The summed E-state index contributed by atoms with van der Waals surface area (Å²) in [6.45, 7) is 7.29. The Morgan fingerprint density at radius 1 is 1.64 bits per heavy atom. The van der Waals surface area contributed by atoms with E-state index in [1.165, 1.54) is 0 Å². The summed E-state index contributed by atoms with van der Waals surface area (Å²) in [4.78, 5) is 11.8. The van der Waals surface area contributed by atoms with E-state index < -0.39 is 0 Å². The van der Waals surface area contributed by atoms with Gasteiger partial charge in [-0.3, -0.25) is 4.79 Å². The Hall–Kier alpha value is -0.570. The van der Waals surface area contributed by atoms with Crippen LogP contribution < -0.4 is 10.6 Å². The van der Waals surface area contributed by atoms with Crippen molar-refractivity contribution in [1.82, 2.24) is 10.6 Å². The number of rotatable bonds is 3. The van der Waals surface area contributed by atoms with Gasteiger partial charge in [0.05, 0.1) is 5.92 Å². The molecule has 1 saturated heterocycles. The Balaban J connectivity index is 2.42. The van der Waals surface area contributed by atoms with Gasteiger partial charge < -0.3 is 10.6 Å². The number of carbonyl (C=O) groups is 1. The van der Waals surface area contributed by atoms with Gasteiger partial charge in [-0.05, 0) is 39.7 Å². The van der Waals surface area contributed by atoms with Crippen molar-refractivity contribution in [3.63, 3.8) is 0 Å². The van der Waals surface area contributed by atoms with Crippen molar-refractivity contribution in [3.8, 4) is 0 Å². The molecule has 0 aromatic heterocycles. The average Bonchev–Trinajstić information content (AvgIpc) is 2.18. The predicted molar refractivity (Wildman–Crippen MR) is 58.1 cm³/mol. The third kappa shape index (κ3) is 2.98. The summed E-state index contributed by atoms with van der Waals surface area (Å²) >= 11 is 0. The molecule has 1 amide bonds. The van der Waals surface area contributed by atoms with Crippen LogP contribution in [0.1, 0.15) is 40.0 Å². The van der Waals surface area contributed by atoms with E-state index in [0.29, 0.717) is 12.1 Å². The van der Waals surface area contributed by atoms with E-state index in [2.05, 4.69) is 31.4 Å². The summed E-state index contributed by atoms with van der Waals surface area (Å²) in [7, 11) is 0. The maximum Gasteiger partial charge on any atom is 0.224 e. The summed E-state index contributed by atoms with van der Waals surface area (Å²) in [5, 5.41) is 6.39. The molecule has 0 aromatic rings. The maximum atomic E-state index is 11.8. The molecule has 3 nitrogen and oxygen atoms in total. The molecular weight excluding hydrogens is 176 g/mol. The fourth-order valence-corrected chi connectivity index (χ4v) is 1.85. The minimum atomic E-state index is 0.165. The summed E-state index contributed by atoms with van der Waals surface area (Å²) < 4.78 is 0. The van der Waals surface area contributed by atoms with Crippen LogP contribution in [0.4, 0.5) is 0 Å². The van der Waals surface area contributed by atoms with Gasteiger partial charge in [0.15, 0.2) is 0 Å². The van der Waals surface area contributed by atoms with Gasteiger partial charge >= 0.3 is 0 Å². The average molecular weight is 198 g/mol. The molecule has 14 heavy (non-hydrogen) atoms. The van der Waals surface area contributed by atoms with E-state index in [0.717, 1.165) is 25.8 Å². The number of carbonyl (C=O) groups excluding carboxylic acids is 1. The van der Waals surface area contributed by atoms with Gasteiger partial charge in [0.1, 0.15) is 0 Å². The van der Waals surface area contributed by atoms with E-state index in [-0.39, 0.29) is 11.8 Å². The Morgan fingerprint density at radius 3 is 2.93 bits per heavy atom. The van der Waals surface area contributed by atoms with Crippen LogP contribution in [0.15, 0.2) is 0 Å². The molecule has 0 spiro atoms. The van der Waals surface area contributed by atoms with E-state index in [9.17, 15) is 4.79 Å². The molecule has 2 N–H and O–H groups in total. The number of hydrogen-bond donors (Lipinski definition) is 2. The molecule has 1 fully saturated rings. The fraction of sp³-hybridized carbons (Fsp3) is 0.909. The minimum Gasteiger partial charge on any atom is -0.353 e. The van der Waals surface area contributed by atoms with Crippen LogP contribution in [0.5, 0.6) is 0 Å². The van der Waals surface area contributed by atoms with Gasteiger partial charge in [-0.1, -0.05) is 6.92 Å².